The summed E-state index contributed by atoms with van der Waals surface area (Å²) >= 11 is 0. The topological polar surface area (TPSA) is 66.8 Å². The Balaban J connectivity index is 2.90. The van der Waals surface area contributed by atoms with E-state index in [0.717, 1.165) is 31.4 Å². The van der Waals surface area contributed by atoms with Gasteiger partial charge in [-0.3, -0.25) is 4.79 Å². The first-order chi connectivity index (χ1) is 13.5. The SMILES string of the molecule is CCCCCCN(CC(O[SiH](C)C)C(C)(C)C)C(=O)Cc1ccc(C(=O)O)cc1. The summed E-state index contributed by atoms with van der Waals surface area (Å²) in [5.41, 5.74) is 1.04. The average molecular weight is 422 g/mol. The van der Waals surface area contributed by atoms with Crippen molar-refractivity contribution in [3.63, 3.8) is 0 Å². The summed E-state index contributed by atoms with van der Waals surface area (Å²) in [6, 6.07) is 6.58. The van der Waals surface area contributed by atoms with E-state index in [2.05, 4.69) is 40.8 Å². The number of carbonyl (C=O) groups is 2. The lowest BCUT2D eigenvalue weighted by atomic mass is 9.88. The van der Waals surface area contributed by atoms with Crippen molar-refractivity contribution in [3.8, 4) is 0 Å². The third kappa shape index (κ3) is 9.59. The molecular weight excluding hydrogens is 382 g/mol. The molecule has 0 aliphatic rings. The van der Waals surface area contributed by atoms with Crippen LogP contribution in [-0.2, 0) is 15.6 Å². The third-order valence-corrected chi connectivity index (χ3v) is 5.85. The molecule has 1 amide bonds. The fraction of sp³-hybridized carbons (Fsp3) is 0.652. The van der Waals surface area contributed by atoms with Gasteiger partial charge in [-0.25, -0.2) is 4.79 Å². The molecule has 1 unspecified atom stereocenters. The fourth-order valence-corrected chi connectivity index (χ4v) is 4.30. The third-order valence-electron chi connectivity index (χ3n) is 4.98. The van der Waals surface area contributed by atoms with E-state index in [9.17, 15) is 9.59 Å². The Morgan fingerprint density at radius 3 is 2.21 bits per heavy atom. The second-order valence-corrected chi connectivity index (χ2v) is 11.5. The van der Waals surface area contributed by atoms with Crippen LogP contribution in [0.3, 0.4) is 0 Å². The Bertz CT molecular complexity index is 637. The van der Waals surface area contributed by atoms with Crippen molar-refractivity contribution < 1.29 is 19.1 Å². The van der Waals surface area contributed by atoms with E-state index in [0.29, 0.717) is 6.54 Å². The molecule has 0 saturated carbocycles. The van der Waals surface area contributed by atoms with Crippen LogP contribution in [-0.4, -0.2) is 50.1 Å². The van der Waals surface area contributed by atoms with Gasteiger partial charge in [0, 0.05) is 13.1 Å². The molecule has 6 heteroatoms. The van der Waals surface area contributed by atoms with Gasteiger partial charge >= 0.3 is 5.97 Å². The standard InChI is InChI=1S/C23H39NO4Si/c1-7-8-9-10-15-24(17-20(23(2,3)4)28-29(5)6)21(25)16-18-11-13-19(14-12-18)22(26)27/h11-14,20,29H,7-10,15-17H2,1-6H3,(H,26,27). The molecule has 0 heterocycles. The minimum atomic E-state index is -1.23. The molecule has 0 aromatic heterocycles. The van der Waals surface area contributed by atoms with Crippen molar-refractivity contribution in [2.45, 2.75) is 79.0 Å². The largest absolute Gasteiger partial charge is 0.478 e. The summed E-state index contributed by atoms with van der Waals surface area (Å²) in [7, 11) is -1.23. The Kier molecular flexibility index (Phi) is 10.6. The number of nitrogens with zero attached hydrogens (tertiary/aromatic N) is 1. The van der Waals surface area contributed by atoms with Gasteiger partial charge in [0.05, 0.1) is 18.1 Å². The lowest BCUT2D eigenvalue weighted by Crippen LogP contribution is -2.46. The van der Waals surface area contributed by atoms with E-state index in [-0.39, 0.29) is 29.4 Å². The summed E-state index contributed by atoms with van der Waals surface area (Å²) < 4.78 is 6.29. The number of hydrogen-bond acceptors (Lipinski definition) is 3. The second kappa shape index (κ2) is 12.1. The quantitative estimate of drug-likeness (QED) is 0.391. The Labute approximate surface area is 178 Å². The van der Waals surface area contributed by atoms with Crippen LogP contribution < -0.4 is 0 Å². The number of amides is 1. The zero-order valence-electron chi connectivity index (χ0n) is 19.0. The molecule has 1 N–H and O–H groups in total. The fourth-order valence-electron chi connectivity index (χ4n) is 3.15. The number of unbranched alkanes of at least 4 members (excludes halogenated alkanes) is 3. The first-order valence-corrected chi connectivity index (χ1v) is 13.6. The zero-order valence-corrected chi connectivity index (χ0v) is 20.2. The minimum Gasteiger partial charge on any atom is -0.478 e. The summed E-state index contributed by atoms with van der Waals surface area (Å²) in [5.74, 6) is -0.878. The molecule has 0 aliphatic heterocycles. The molecule has 5 nitrogen and oxygen atoms in total. The zero-order chi connectivity index (χ0) is 22.0. The first kappa shape index (κ1) is 25.4. The first-order valence-electron chi connectivity index (χ1n) is 10.8. The van der Waals surface area contributed by atoms with Crippen molar-refractivity contribution in [1.29, 1.82) is 0 Å². The van der Waals surface area contributed by atoms with Crippen LogP contribution in [0.2, 0.25) is 13.1 Å². The molecule has 0 bridgehead atoms. The highest BCUT2D eigenvalue weighted by Gasteiger charge is 2.29. The van der Waals surface area contributed by atoms with Gasteiger partial charge in [-0.1, -0.05) is 59.1 Å². The van der Waals surface area contributed by atoms with Crippen molar-refractivity contribution >= 4 is 20.9 Å². The van der Waals surface area contributed by atoms with Crippen LogP contribution in [0.5, 0.6) is 0 Å². The maximum absolute atomic E-state index is 13.1. The highest BCUT2D eigenvalue weighted by Crippen LogP contribution is 2.24. The van der Waals surface area contributed by atoms with Gasteiger partial charge < -0.3 is 14.4 Å². The summed E-state index contributed by atoms with van der Waals surface area (Å²) in [4.78, 5) is 26.1. The molecule has 0 saturated heterocycles. The van der Waals surface area contributed by atoms with Crippen LogP contribution in [0.15, 0.2) is 24.3 Å². The molecule has 0 radical (unpaired) electrons. The molecule has 0 spiro atoms. The second-order valence-electron chi connectivity index (χ2n) is 9.12. The van der Waals surface area contributed by atoms with E-state index in [1.807, 2.05) is 4.90 Å². The number of benzene rings is 1. The van der Waals surface area contributed by atoms with Gasteiger partial charge in [0.15, 0.2) is 9.04 Å². The Morgan fingerprint density at radius 2 is 1.72 bits per heavy atom. The van der Waals surface area contributed by atoms with Crippen LogP contribution in [0, 0.1) is 5.41 Å². The average Bonchev–Trinajstić information content (AvgIpc) is 2.62. The molecule has 1 aromatic carbocycles. The molecule has 29 heavy (non-hydrogen) atoms. The van der Waals surface area contributed by atoms with E-state index in [1.54, 1.807) is 24.3 Å². The number of carboxylic acids is 1. The summed E-state index contributed by atoms with van der Waals surface area (Å²) in [6.45, 7) is 14.3. The lowest BCUT2D eigenvalue weighted by Gasteiger charge is -2.37. The molecule has 164 valence electrons. The number of carbonyl (C=O) groups excluding carboxylic acids is 1. The predicted molar refractivity (Wildman–Crippen MR) is 121 cm³/mol. The monoisotopic (exact) mass is 421 g/mol. The van der Waals surface area contributed by atoms with Crippen molar-refractivity contribution in [2.75, 3.05) is 13.1 Å². The van der Waals surface area contributed by atoms with Crippen LogP contribution in [0.1, 0.15) is 69.3 Å². The summed E-state index contributed by atoms with van der Waals surface area (Å²) in [5, 5.41) is 9.05. The number of carboxylic acid groups (broad SMARTS) is 1. The lowest BCUT2D eigenvalue weighted by molar-refractivity contribution is -0.132. The van der Waals surface area contributed by atoms with Gasteiger partial charge in [0.1, 0.15) is 0 Å². The van der Waals surface area contributed by atoms with E-state index in [4.69, 9.17) is 9.53 Å². The molecule has 0 fully saturated rings. The number of hydrogen-bond donors (Lipinski definition) is 1. The normalized spacial score (nSPS) is 12.8. The summed E-state index contributed by atoms with van der Waals surface area (Å²) in [6.07, 6.45) is 4.75. The van der Waals surface area contributed by atoms with Crippen LogP contribution in [0.4, 0.5) is 0 Å². The van der Waals surface area contributed by atoms with Crippen molar-refractivity contribution in [1.82, 2.24) is 4.90 Å². The number of aromatic carboxylic acids is 1. The molecular formula is C23H39NO4Si. The molecule has 1 aromatic rings. The van der Waals surface area contributed by atoms with E-state index in [1.165, 1.54) is 6.42 Å². The highest BCUT2D eigenvalue weighted by atomic mass is 28.3. The van der Waals surface area contributed by atoms with Gasteiger partial charge in [0.2, 0.25) is 5.91 Å². The predicted octanol–water partition coefficient (Wildman–Crippen LogP) is 4.75. The van der Waals surface area contributed by atoms with Gasteiger partial charge in [0.25, 0.3) is 0 Å². The maximum Gasteiger partial charge on any atom is 0.335 e. The van der Waals surface area contributed by atoms with Gasteiger partial charge in [-0.2, -0.15) is 0 Å². The van der Waals surface area contributed by atoms with Crippen LogP contribution >= 0.6 is 0 Å². The molecule has 1 rings (SSSR count). The minimum absolute atomic E-state index is 0.0127. The molecule has 1 atom stereocenters. The smallest absolute Gasteiger partial charge is 0.335 e. The Morgan fingerprint density at radius 1 is 1.10 bits per heavy atom. The highest BCUT2D eigenvalue weighted by molar-refractivity contribution is 6.48. The van der Waals surface area contributed by atoms with Crippen LogP contribution in [0.25, 0.3) is 0 Å². The maximum atomic E-state index is 13.1. The van der Waals surface area contributed by atoms with E-state index < -0.39 is 15.0 Å². The Hall–Kier alpha value is -1.66. The van der Waals surface area contributed by atoms with Gasteiger partial charge in [-0.05, 0) is 42.6 Å². The molecule has 0 aliphatic carbocycles. The van der Waals surface area contributed by atoms with E-state index >= 15 is 0 Å². The van der Waals surface area contributed by atoms with Crippen molar-refractivity contribution in [2.24, 2.45) is 5.41 Å². The van der Waals surface area contributed by atoms with Gasteiger partial charge in [-0.15, -0.1) is 0 Å². The number of rotatable bonds is 12. The van der Waals surface area contributed by atoms with Crippen molar-refractivity contribution in [3.05, 3.63) is 35.4 Å².